The fraction of sp³-hybridized carbons (Fsp3) is 0.391. The summed E-state index contributed by atoms with van der Waals surface area (Å²) in [5, 5.41) is 12.3. The highest BCUT2D eigenvalue weighted by Crippen LogP contribution is 2.30. The molecule has 1 saturated heterocycles. The summed E-state index contributed by atoms with van der Waals surface area (Å²) in [5.41, 5.74) is 0.184. The van der Waals surface area contributed by atoms with Gasteiger partial charge in [-0.1, -0.05) is 6.07 Å². The molecule has 0 aromatic heterocycles. The molecule has 1 fully saturated rings. The third-order valence-electron chi connectivity index (χ3n) is 5.19. The first-order valence-electron chi connectivity index (χ1n) is 10.8. The van der Waals surface area contributed by atoms with Crippen molar-refractivity contribution in [1.82, 2.24) is 10.2 Å². The van der Waals surface area contributed by atoms with Gasteiger partial charge in [-0.05, 0) is 57.2 Å². The highest BCUT2D eigenvalue weighted by molar-refractivity contribution is 7.92. The van der Waals surface area contributed by atoms with Crippen LogP contribution < -0.4 is 14.9 Å². The molecule has 0 radical (unpaired) electrons. The van der Waals surface area contributed by atoms with Crippen molar-refractivity contribution in [2.45, 2.75) is 31.2 Å². The van der Waals surface area contributed by atoms with E-state index in [1.807, 2.05) is 30.6 Å². The summed E-state index contributed by atoms with van der Waals surface area (Å²) in [6.07, 6.45) is 0. The number of halogens is 1. The maximum atomic E-state index is 13.6. The highest BCUT2D eigenvalue weighted by Gasteiger charge is 2.25. The predicted octanol–water partition coefficient (Wildman–Crippen LogP) is 2.36. The molecule has 2 aromatic rings. The van der Waals surface area contributed by atoms with Gasteiger partial charge in [0.2, 0.25) is 5.91 Å². The number of hydrogen-bond donors (Lipinski definition) is 3. The van der Waals surface area contributed by atoms with E-state index in [1.54, 1.807) is 6.07 Å². The van der Waals surface area contributed by atoms with Gasteiger partial charge >= 0.3 is 5.97 Å². The molecule has 0 atom stereocenters. The zero-order valence-electron chi connectivity index (χ0n) is 19.3. The van der Waals surface area contributed by atoms with Crippen molar-refractivity contribution < 1.29 is 27.5 Å². The molecule has 1 amide bonds. The number of rotatable bonds is 7. The van der Waals surface area contributed by atoms with Crippen molar-refractivity contribution in [1.29, 1.82) is 0 Å². The zero-order valence-corrected chi connectivity index (χ0v) is 20.2. The topological polar surface area (TPSA) is 119 Å². The maximum Gasteiger partial charge on any atom is 0.335 e. The molecule has 0 unspecified atom stereocenters. The lowest BCUT2D eigenvalue weighted by atomic mass is 10.1. The first-order chi connectivity index (χ1) is 15.8. The number of aromatic carboxylic acids is 1. The van der Waals surface area contributed by atoms with E-state index in [0.29, 0.717) is 31.9 Å². The molecule has 9 nitrogen and oxygen atoms in total. The van der Waals surface area contributed by atoms with Gasteiger partial charge in [0.05, 0.1) is 28.4 Å². The molecule has 1 heterocycles. The fourth-order valence-corrected chi connectivity index (χ4v) is 4.77. The van der Waals surface area contributed by atoms with Crippen molar-refractivity contribution in [2.75, 3.05) is 42.3 Å². The number of sulfonamides is 1. The van der Waals surface area contributed by atoms with Gasteiger partial charge in [-0.25, -0.2) is 17.6 Å². The molecule has 11 heteroatoms. The van der Waals surface area contributed by atoms with Crippen molar-refractivity contribution in [3.63, 3.8) is 0 Å². The van der Waals surface area contributed by atoms with Gasteiger partial charge < -0.3 is 15.3 Å². The Balaban J connectivity index is 1.79. The van der Waals surface area contributed by atoms with Gasteiger partial charge in [-0.2, -0.15) is 0 Å². The minimum absolute atomic E-state index is 0.0738. The SMILES string of the molecule is CC(C)(C)NC(=O)CN1CCN(c2ccc(C(=O)O)cc2NS(=O)(=O)c2cccc(F)c2)CC1. The van der Waals surface area contributed by atoms with E-state index in [4.69, 9.17) is 0 Å². The Morgan fingerprint density at radius 3 is 2.32 bits per heavy atom. The van der Waals surface area contributed by atoms with Crippen molar-refractivity contribution in [3.8, 4) is 0 Å². The average molecular weight is 493 g/mol. The van der Waals surface area contributed by atoms with Crippen molar-refractivity contribution in [3.05, 3.63) is 53.8 Å². The Kier molecular flexibility index (Phi) is 7.47. The molecule has 0 saturated carbocycles. The Morgan fingerprint density at radius 1 is 1.06 bits per heavy atom. The summed E-state index contributed by atoms with van der Waals surface area (Å²) in [7, 11) is -4.16. The first kappa shape index (κ1) is 25.4. The zero-order chi connectivity index (χ0) is 25.1. The van der Waals surface area contributed by atoms with Crippen LogP contribution in [0.5, 0.6) is 0 Å². The van der Waals surface area contributed by atoms with Gasteiger partial charge in [-0.3, -0.25) is 14.4 Å². The molecule has 0 bridgehead atoms. The second-order valence-electron chi connectivity index (χ2n) is 9.16. The molecule has 1 aliphatic heterocycles. The van der Waals surface area contributed by atoms with E-state index < -0.39 is 21.8 Å². The third-order valence-corrected chi connectivity index (χ3v) is 6.55. The van der Waals surface area contributed by atoms with Crippen LogP contribution in [0.2, 0.25) is 0 Å². The van der Waals surface area contributed by atoms with Crippen LogP contribution in [0.15, 0.2) is 47.4 Å². The molecule has 34 heavy (non-hydrogen) atoms. The van der Waals surface area contributed by atoms with E-state index in [-0.39, 0.29) is 34.1 Å². The summed E-state index contributed by atoms with van der Waals surface area (Å²) >= 11 is 0. The molecule has 0 aliphatic carbocycles. The second-order valence-corrected chi connectivity index (χ2v) is 10.8. The van der Waals surface area contributed by atoms with Crippen LogP contribution in [0, 0.1) is 5.82 Å². The number of carboxylic acids is 1. The molecular weight excluding hydrogens is 463 g/mol. The van der Waals surface area contributed by atoms with E-state index in [2.05, 4.69) is 10.0 Å². The number of carboxylic acid groups (broad SMARTS) is 1. The van der Waals surface area contributed by atoms with Gasteiger partial charge in [0.1, 0.15) is 5.82 Å². The first-order valence-corrected chi connectivity index (χ1v) is 12.3. The Bertz CT molecular complexity index is 1170. The summed E-state index contributed by atoms with van der Waals surface area (Å²) in [6.45, 7) is 8.13. The monoisotopic (exact) mass is 492 g/mol. The number of nitrogens with zero attached hydrogens (tertiary/aromatic N) is 2. The number of hydrogen-bond acceptors (Lipinski definition) is 6. The number of nitrogens with one attached hydrogen (secondary N) is 2. The third kappa shape index (κ3) is 6.67. The van der Waals surface area contributed by atoms with E-state index in [1.165, 1.54) is 24.3 Å². The number of amides is 1. The lowest BCUT2D eigenvalue weighted by Crippen LogP contribution is -2.51. The standard InChI is InChI=1S/C23H29FN4O5S/c1-23(2,3)25-21(29)15-27-9-11-28(12-10-27)20-8-7-16(22(30)31)13-19(20)26-34(32,33)18-6-4-5-17(24)14-18/h4-8,13-14,26H,9-12,15H2,1-3H3,(H,25,29)(H,30,31). The normalized spacial score (nSPS) is 15.1. The van der Waals surface area contributed by atoms with Crippen LogP contribution >= 0.6 is 0 Å². The summed E-state index contributed by atoms with van der Waals surface area (Å²) in [4.78, 5) is 27.4. The molecule has 184 valence electrons. The number of benzene rings is 2. The fourth-order valence-electron chi connectivity index (χ4n) is 3.67. The number of piperazine rings is 1. The van der Waals surface area contributed by atoms with Gasteiger partial charge in [-0.15, -0.1) is 0 Å². The van der Waals surface area contributed by atoms with Gasteiger partial charge in [0.15, 0.2) is 0 Å². The van der Waals surface area contributed by atoms with Crippen molar-refractivity contribution in [2.24, 2.45) is 0 Å². The largest absolute Gasteiger partial charge is 0.478 e. The Morgan fingerprint density at radius 2 is 1.74 bits per heavy atom. The minimum Gasteiger partial charge on any atom is -0.478 e. The van der Waals surface area contributed by atoms with Crippen molar-refractivity contribution >= 4 is 33.3 Å². The molecule has 2 aromatic carbocycles. The maximum absolute atomic E-state index is 13.6. The number of carbonyl (C=O) groups is 2. The summed E-state index contributed by atoms with van der Waals surface area (Å²) in [5.74, 6) is -1.98. The van der Waals surface area contributed by atoms with Crippen LogP contribution in [0.25, 0.3) is 0 Å². The molecule has 3 N–H and O–H groups in total. The molecule has 0 spiro atoms. The van der Waals surface area contributed by atoms with Crippen LogP contribution in [-0.4, -0.2) is 68.6 Å². The van der Waals surface area contributed by atoms with E-state index in [0.717, 1.165) is 12.1 Å². The summed E-state index contributed by atoms with van der Waals surface area (Å²) < 4.78 is 41.7. The summed E-state index contributed by atoms with van der Waals surface area (Å²) in [6, 6.07) is 8.77. The average Bonchev–Trinajstić information content (AvgIpc) is 2.72. The number of anilines is 2. The smallest absolute Gasteiger partial charge is 0.335 e. The number of carbonyl (C=O) groups excluding carboxylic acids is 1. The van der Waals surface area contributed by atoms with Crippen LogP contribution in [0.1, 0.15) is 31.1 Å². The van der Waals surface area contributed by atoms with Crippen LogP contribution in [0.4, 0.5) is 15.8 Å². The molecular formula is C23H29FN4O5S. The van der Waals surface area contributed by atoms with E-state index >= 15 is 0 Å². The quantitative estimate of drug-likeness (QED) is 0.543. The lowest BCUT2D eigenvalue weighted by molar-refractivity contribution is -0.123. The Labute approximate surface area is 198 Å². The minimum atomic E-state index is -4.16. The van der Waals surface area contributed by atoms with E-state index in [9.17, 15) is 27.5 Å². The predicted molar refractivity (Wildman–Crippen MR) is 127 cm³/mol. The highest BCUT2D eigenvalue weighted by atomic mass is 32.2. The lowest BCUT2D eigenvalue weighted by Gasteiger charge is -2.37. The molecule has 1 aliphatic rings. The van der Waals surface area contributed by atoms with Gasteiger partial charge in [0.25, 0.3) is 10.0 Å². The van der Waals surface area contributed by atoms with Gasteiger partial charge in [0, 0.05) is 31.7 Å². The Hall–Kier alpha value is -3.18. The molecule has 3 rings (SSSR count). The van der Waals surface area contributed by atoms with Crippen LogP contribution in [-0.2, 0) is 14.8 Å². The van der Waals surface area contributed by atoms with Crippen LogP contribution in [0.3, 0.4) is 0 Å². The second kappa shape index (κ2) is 9.98.